The van der Waals surface area contributed by atoms with Gasteiger partial charge < -0.3 is 15.8 Å². The molecule has 0 spiro atoms. The maximum atomic E-state index is 12.2. The van der Waals surface area contributed by atoms with Crippen molar-refractivity contribution in [2.24, 2.45) is 0 Å². The minimum Gasteiger partial charge on any atom is -0.497 e. The first-order valence-corrected chi connectivity index (χ1v) is 7.00. The van der Waals surface area contributed by atoms with Gasteiger partial charge in [-0.3, -0.25) is 4.79 Å². The smallest absolute Gasteiger partial charge is 0.263 e. The fourth-order valence-corrected chi connectivity index (χ4v) is 2.62. The second-order valence-corrected chi connectivity index (χ2v) is 5.47. The van der Waals surface area contributed by atoms with Gasteiger partial charge in [-0.2, -0.15) is 0 Å². The van der Waals surface area contributed by atoms with Crippen LogP contribution in [0.15, 0.2) is 24.3 Å². The van der Waals surface area contributed by atoms with E-state index in [0.29, 0.717) is 15.7 Å². The molecule has 2 aromatic rings. The summed E-state index contributed by atoms with van der Waals surface area (Å²) in [6.45, 7) is 3.70. The van der Waals surface area contributed by atoms with Gasteiger partial charge in [0.2, 0.25) is 0 Å². The molecule has 1 aromatic carbocycles. The molecule has 106 valence electrons. The van der Waals surface area contributed by atoms with Crippen molar-refractivity contribution in [1.82, 2.24) is 10.3 Å². The molecule has 1 atom stereocenters. The van der Waals surface area contributed by atoms with Crippen molar-refractivity contribution in [2.75, 3.05) is 12.8 Å². The molecular weight excluding hydrogens is 274 g/mol. The third-order valence-corrected chi connectivity index (χ3v) is 3.95. The minimum atomic E-state index is -0.160. The van der Waals surface area contributed by atoms with Gasteiger partial charge in [0, 0.05) is 0 Å². The van der Waals surface area contributed by atoms with E-state index in [9.17, 15) is 4.79 Å². The maximum Gasteiger partial charge on any atom is 0.263 e. The number of amides is 1. The number of nitrogens with one attached hydrogen (secondary N) is 1. The number of carbonyl (C=O) groups is 1. The number of benzene rings is 1. The van der Waals surface area contributed by atoms with Crippen LogP contribution in [0.25, 0.3) is 0 Å². The molecule has 2 rings (SSSR count). The Balaban J connectivity index is 2.12. The average molecular weight is 291 g/mol. The topological polar surface area (TPSA) is 77.2 Å². The first-order chi connectivity index (χ1) is 9.51. The van der Waals surface area contributed by atoms with Crippen LogP contribution in [0.5, 0.6) is 5.75 Å². The number of anilines is 1. The Hall–Kier alpha value is -2.08. The van der Waals surface area contributed by atoms with E-state index in [-0.39, 0.29) is 11.9 Å². The zero-order valence-electron chi connectivity index (χ0n) is 11.6. The highest BCUT2D eigenvalue weighted by Gasteiger charge is 2.17. The molecule has 20 heavy (non-hydrogen) atoms. The molecule has 6 heteroatoms. The van der Waals surface area contributed by atoms with E-state index in [4.69, 9.17) is 10.5 Å². The van der Waals surface area contributed by atoms with Crippen LogP contribution in [0.2, 0.25) is 0 Å². The van der Waals surface area contributed by atoms with E-state index < -0.39 is 0 Å². The van der Waals surface area contributed by atoms with Crippen LogP contribution < -0.4 is 15.8 Å². The number of rotatable bonds is 4. The van der Waals surface area contributed by atoms with Crippen molar-refractivity contribution in [3.05, 3.63) is 40.4 Å². The second kappa shape index (κ2) is 5.92. The average Bonchev–Trinajstić information content (AvgIpc) is 2.77. The van der Waals surface area contributed by atoms with Gasteiger partial charge in [-0.1, -0.05) is 23.5 Å². The van der Waals surface area contributed by atoms with Crippen LogP contribution in [0.4, 0.5) is 5.13 Å². The summed E-state index contributed by atoms with van der Waals surface area (Å²) < 4.78 is 5.18. The number of hydrogen-bond donors (Lipinski definition) is 2. The number of hydrogen-bond acceptors (Lipinski definition) is 5. The zero-order chi connectivity index (χ0) is 14.7. The Morgan fingerprint density at radius 1 is 1.50 bits per heavy atom. The molecule has 5 nitrogen and oxygen atoms in total. The lowest BCUT2D eigenvalue weighted by Crippen LogP contribution is -2.26. The summed E-state index contributed by atoms with van der Waals surface area (Å²) in [6, 6.07) is 7.49. The molecule has 0 bridgehead atoms. The summed E-state index contributed by atoms with van der Waals surface area (Å²) in [6.07, 6.45) is 0. The summed E-state index contributed by atoms with van der Waals surface area (Å²) in [7, 11) is 1.62. The Bertz CT molecular complexity index is 625. The number of methoxy groups -OCH3 is 1. The van der Waals surface area contributed by atoms with Crippen molar-refractivity contribution in [2.45, 2.75) is 19.9 Å². The van der Waals surface area contributed by atoms with E-state index in [1.807, 2.05) is 31.2 Å². The Kier molecular flexibility index (Phi) is 4.24. The molecule has 0 saturated carbocycles. The number of aryl methyl sites for hydroxylation is 1. The lowest BCUT2D eigenvalue weighted by Gasteiger charge is -2.14. The summed E-state index contributed by atoms with van der Waals surface area (Å²) in [4.78, 5) is 16.8. The van der Waals surface area contributed by atoms with Gasteiger partial charge in [0.05, 0.1) is 18.8 Å². The molecule has 0 saturated heterocycles. The van der Waals surface area contributed by atoms with Crippen molar-refractivity contribution in [3.8, 4) is 5.75 Å². The molecule has 0 radical (unpaired) electrons. The van der Waals surface area contributed by atoms with E-state index in [0.717, 1.165) is 11.3 Å². The fourth-order valence-electron chi connectivity index (χ4n) is 1.88. The third kappa shape index (κ3) is 3.08. The highest BCUT2D eigenvalue weighted by atomic mass is 32.1. The van der Waals surface area contributed by atoms with Gasteiger partial charge in [-0.25, -0.2) is 4.98 Å². The zero-order valence-corrected chi connectivity index (χ0v) is 12.5. The summed E-state index contributed by atoms with van der Waals surface area (Å²) in [5, 5.41) is 3.34. The molecule has 1 amide bonds. The predicted molar refractivity (Wildman–Crippen MR) is 80.1 cm³/mol. The lowest BCUT2D eigenvalue weighted by molar-refractivity contribution is 0.0943. The quantitative estimate of drug-likeness (QED) is 0.907. The normalized spacial score (nSPS) is 11.9. The Morgan fingerprint density at radius 3 is 2.85 bits per heavy atom. The van der Waals surface area contributed by atoms with Crippen LogP contribution in [0, 0.1) is 6.92 Å². The van der Waals surface area contributed by atoms with Gasteiger partial charge in [-0.15, -0.1) is 0 Å². The summed E-state index contributed by atoms with van der Waals surface area (Å²) >= 11 is 1.20. The van der Waals surface area contributed by atoms with Crippen LogP contribution in [-0.2, 0) is 0 Å². The summed E-state index contributed by atoms with van der Waals surface area (Å²) in [5.41, 5.74) is 7.24. The second-order valence-electron chi connectivity index (χ2n) is 4.44. The van der Waals surface area contributed by atoms with Crippen LogP contribution in [-0.4, -0.2) is 18.0 Å². The van der Waals surface area contributed by atoms with E-state index in [1.54, 1.807) is 14.0 Å². The molecular formula is C14H17N3O2S. The molecule has 1 heterocycles. The molecule has 0 unspecified atom stereocenters. The number of nitrogen functional groups attached to an aromatic ring is 1. The van der Waals surface area contributed by atoms with Crippen LogP contribution in [0.3, 0.4) is 0 Å². The predicted octanol–water partition coefficient (Wildman–Crippen LogP) is 2.53. The highest BCUT2D eigenvalue weighted by molar-refractivity contribution is 7.17. The Labute approximate surface area is 121 Å². The number of nitrogens with two attached hydrogens (primary N) is 1. The molecule has 0 fully saturated rings. The Morgan fingerprint density at radius 2 is 2.25 bits per heavy atom. The van der Waals surface area contributed by atoms with Crippen molar-refractivity contribution >= 4 is 22.4 Å². The lowest BCUT2D eigenvalue weighted by atomic mass is 10.1. The molecule has 0 aliphatic rings. The number of aromatic nitrogens is 1. The number of thiazole rings is 1. The molecule has 0 aliphatic carbocycles. The molecule has 3 N–H and O–H groups in total. The highest BCUT2D eigenvalue weighted by Crippen LogP contribution is 2.22. The minimum absolute atomic E-state index is 0.125. The van der Waals surface area contributed by atoms with Crippen LogP contribution in [0.1, 0.15) is 33.9 Å². The summed E-state index contributed by atoms with van der Waals surface area (Å²) in [5.74, 6) is 0.605. The first-order valence-electron chi connectivity index (χ1n) is 6.19. The molecule has 0 aliphatic heterocycles. The monoisotopic (exact) mass is 291 g/mol. The maximum absolute atomic E-state index is 12.2. The van der Waals surface area contributed by atoms with Gasteiger partial charge in [0.1, 0.15) is 10.6 Å². The number of ether oxygens (including phenoxy) is 1. The van der Waals surface area contributed by atoms with Crippen molar-refractivity contribution in [3.63, 3.8) is 0 Å². The van der Waals surface area contributed by atoms with E-state index in [2.05, 4.69) is 10.3 Å². The van der Waals surface area contributed by atoms with Gasteiger partial charge in [-0.05, 0) is 31.5 Å². The number of carbonyl (C=O) groups excluding carboxylic acids is 1. The fraction of sp³-hybridized carbons (Fsp3) is 0.286. The standard InChI is InChI=1S/C14H17N3O2S/c1-8(10-5-4-6-11(7-10)19-3)16-13(18)12-9(2)17-14(15)20-12/h4-8H,1-3H3,(H2,15,17)(H,16,18)/t8-/m0/s1. The first kappa shape index (κ1) is 14.3. The molecule has 1 aromatic heterocycles. The van der Waals surface area contributed by atoms with Crippen molar-refractivity contribution in [1.29, 1.82) is 0 Å². The number of nitrogens with zero attached hydrogens (tertiary/aromatic N) is 1. The largest absolute Gasteiger partial charge is 0.497 e. The van der Waals surface area contributed by atoms with Gasteiger partial charge >= 0.3 is 0 Å². The van der Waals surface area contributed by atoms with Gasteiger partial charge in [0.15, 0.2) is 5.13 Å². The van der Waals surface area contributed by atoms with E-state index >= 15 is 0 Å². The van der Waals surface area contributed by atoms with Gasteiger partial charge in [0.25, 0.3) is 5.91 Å². The van der Waals surface area contributed by atoms with E-state index in [1.165, 1.54) is 11.3 Å². The van der Waals surface area contributed by atoms with Crippen LogP contribution >= 0.6 is 11.3 Å². The SMILES string of the molecule is COc1cccc([C@H](C)NC(=O)c2sc(N)nc2C)c1. The van der Waals surface area contributed by atoms with Crippen molar-refractivity contribution < 1.29 is 9.53 Å². The third-order valence-electron chi connectivity index (χ3n) is 2.96.